The van der Waals surface area contributed by atoms with E-state index in [-0.39, 0.29) is 11.7 Å². The molecule has 0 radical (unpaired) electrons. The molecule has 0 aliphatic carbocycles. The summed E-state index contributed by atoms with van der Waals surface area (Å²) in [5, 5.41) is 5.65. The molecule has 2 aromatic heterocycles. The molecule has 0 spiro atoms. The lowest BCUT2D eigenvalue weighted by Gasteiger charge is -2.35. The fourth-order valence-corrected chi connectivity index (χ4v) is 4.94. The van der Waals surface area contributed by atoms with Crippen LogP contribution in [0.5, 0.6) is 0 Å². The summed E-state index contributed by atoms with van der Waals surface area (Å²) < 4.78 is 15.4. The van der Waals surface area contributed by atoms with Gasteiger partial charge in [0, 0.05) is 38.2 Å². The summed E-state index contributed by atoms with van der Waals surface area (Å²) in [6.45, 7) is 4.44. The van der Waals surface area contributed by atoms with E-state index in [2.05, 4.69) is 17.0 Å². The van der Waals surface area contributed by atoms with E-state index >= 15 is 0 Å². The lowest BCUT2D eigenvalue weighted by molar-refractivity contribution is 0.0746. The minimum absolute atomic E-state index is 0.0446. The van der Waals surface area contributed by atoms with E-state index in [0.717, 1.165) is 28.1 Å². The maximum atomic E-state index is 13.6. The Labute approximate surface area is 220 Å². The molecule has 8 heteroatoms. The van der Waals surface area contributed by atoms with Crippen molar-refractivity contribution in [1.82, 2.24) is 24.6 Å². The second-order valence-electron chi connectivity index (χ2n) is 9.44. The molecule has 1 fully saturated rings. The molecule has 190 valence electrons. The number of anilines is 1. The van der Waals surface area contributed by atoms with Crippen molar-refractivity contribution in [3.63, 3.8) is 0 Å². The van der Waals surface area contributed by atoms with Crippen LogP contribution >= 0.6 is 0 Å². The van der Waals surface area contributed by atoms with Crippen molar-refractivity contribution in [3.05, 3.63) is 113 Å². The van der Waals surface area contributed by atoms with Gasteiger partial charge in [-0.2, -0.15) is 5.10 Å². The molecule has 3 aromatic carbocycles. The number of aromatic nitrogens is 4. The maximum absolute atomic E-state index is 13.6. The van der Waals surface area contributed by atoms with Gasteiger partial charge >= 0.3 is 0 Å². The van der Waals surface area contributed by atoms with Crippen LogP contribution < -0.4 is 4.90 Å². The highest BCUT2D eigenvalue weighted by molar-refractivity contribution is 5.95. The third kappa shape index (κ3) is 4.61. The summed E-state index contributed by atoms with van der Waals surface area (Å²) in [6, 6.07) is 25.8. The molecule has 0 bridgehead atoms. The summed E-state index contributed by atoms with van der Waals surface area (Å²) in [4.78, 5) is 27.1. The Balaban J connectivity index is 1.37. The largest absolute Gasteiger partial charge is 0.352 e. The van der Waals surface area contributed by atoms with Crippen molar-refractivity contribution >= 4 is 22.8 Å². The van der Waals surface area contributed by atoms with Crippen molar-refractivity contribution in [2.45, 2.75) is 13.3 Å². The van der Waals surface area contributed by atoms with Gasteiger partial charge in [0.1, 0.15) is 17.5 Å². The molecule has 1 amide bonds. The molecule has 0 N–H and O–H groups in total. The molecule has 1 aliphatic heterocycles. The number of halogens is 1. The van der Waals surface area contributed by atoms with E-state index in [4.69, 9.17) is 15.1 Å². The van der Waals surface area contributed by atoms with Gasteiger partial charge in [0.05, 0.1) is 16.8 Å². The van der Waals surface area contributed by atoms with Gasteiger partial charge in [0.25, 0.3) is 5.91 Å². The van der Waals surface area contributed by atoms with Gasteiger partial charge in [-0.25, -0.2) is 19.0 Å². The number of hydrogen-bond donors (Lipinski definition) is 0. The maximum Gasteiger partial charge on any atom is 0.253 e. The highest BCUT2D eigenvalue weighted by Gasteiger charge is 2.27. The van der Waals surface area contributed by atoms with Gasteiger partial charge < -0.3 is 9.80 Å². The van der Waals surface area contributed by atoms with Crippen LogP contribution in [-0.4, -0.2) is 56.7 Å². The fraction of sp³-hybridized carbons (Fsp3) is 0.200. The smallest absolute Gasteiger partial charge is 0.253 e. The zero-order valence-corrected chi connectivity index (χ0v) is 21.1. The van der Waals surface area contributed by atoms with Gasteiger partial charge in [-0.1, -0.05) is 48.5 Å². The zero-order chi connectivity index (χ0) is 26.1. The van der Waals surface area contributed by atoms with Crippen molar-refractivity contribution in [3.8, 4) is 5.69 Å². The van der Waals surface area contributed by atoms with Crippen LogP contribution in [0.25, 0.3) is 16.7 Å². The van der Waals surface area contributed by atoms with Crippen molar-refractivity contribution in [1.29, 1.82) is 0 Å². The standard InChI is InChI=1S/C30H27FN6O/c1-21-27-28(35-16-18-36(19-17-35)30(38)23-10-6-3-7-11-23)32-26(20-22-8-4-2-5-9-22)33-29(27)37(34-21)25-14-12-24(31)13-15-25/h2-15H,16-20H2,1H3. The number of amides is 1. The molecule has 1 saturated heterocycles. The minimum atomic E-state index is -0.301. The lowest BCUT2D eigenvalue weighted by Crippen LogP contribution is -2.49. The number of aryl methyl sites for hydroxylation is 1. The second kappa shape index (κ2) is 10.0. The second-order valence-corrected chi connectivity index (χ2v) is 9.44. The van der Waals surface area contributed by atoms with Gasteiger partial charge in [-0.3, -0.25) is 4.79 Å². The normalized spacial score (nSPS) is 13.7. The van der Waals surface area contributed by atoms with E-state index < -0.39 is 0 Å². The first-order valence-corrected chi connectivity index (χ1v) is 12.7. The highest BCUT2D eigenvalue weighted by Crippen LogP contribution is 2.30. The van der Waals surface area contributed by atoms with E-state index in [1.165, 1.54) is 12.1 Å². The summed E-state index contributed by atoms with van der Waals surface area (Å²) in [6.07, 6.45) is 0.573. The average molecular weight is 507 g/mol. The summed E-state index contributed by atoms with van der Waals surface area (Å²) in [7, 11) is 0. The third-order valence-corrected chi connectivity index (χ3v) is 6.89. The van der Waals surface area contributed by atoms with Crippen LogP contribution in [0.4, 0.5) is 10.2 Å². The molecule has 0 unspecified atom stereocenters. The quantitative estimate of drug-likeness (QED) is 0.342. The van der Waals surface area contributed by atoms with Gasteiger partial charge in [0.15, 0.2) is 5.65 Å². The monoisotopic (exact) mass is 506 g/mol. The molecule has 1 aliphatic rings. The topological polar surface area (TPSA) is 67.2 Å². The Kier molecular flexibility index (Phi) is 6.29. The summed E-state index contributed by atoms with van der Waals surface area (Å²) in [5.74, 6) is 1.25. The molecule has 0 atom stereocenters. The molecule has 38 heavy (non-hydrogen) atoms. The van der Waals surface area contributed by atoms with E-state index in [1.54, 1.807) is 16.8 Å². The number of benzene rings is 3. The minimum Gasteiger partial charge on any atom is -0.352 e. The number of fused-ring (bicyclic) bond motifs is 1. The Morgan fingerprint density at radius 2 is 1.50 bits per heavy atom. The summed E-state index contributed by atoms with van der Waals surface area (Å²) in [5.41, 5.74) is 4.03. The Bertz CT molecular complexity index is 1580. The van der Waals surface area contributed by atoms with Crippen LogP contribution in [0.2, 0.25) is 0 Å². The predicted molar refractivity (Wildman–Crippen MR) is 145 cm³/mol. The van der Waals surface area contributed by atoms with Gasteiger partial charge in [-0.15, -0.1) is 0 Å². The number of hydrogen-bond acceptors (Lipinski definition) is 5. The Hall–Kier alpha value is -4.59. The number of nitrogens with zero attached hydrogens (tertiary/aromatic N) is 6. The van der Waals surface area contributed by atoms with Gasteiger partial charge in [0.2, 0.25) is 0 Å². The number of rotatable bonds is 5. The average Bonchev–Trinajstić information content (AvgIpc) is 3.30. The zero-order valence-electron chi connectivity index (χ0n) is 21.1. The van der Waals surface area contributed by atoms with Crippen LogP contribution in [0, 0.1) is 12.7 Å². The first-order chi connectivity index (χ1) is 18.6. The molecular formula is C30H27FN6O. The molecule has 7 nitrogen and oxygen atoms in total. The van der Waals surface area contributed by atoms with Crippen LogP contribution in [0.15, 0.2) is 84.9 Å². The molecular weight excluding hydrogens is 479 g/mol. The van der Waals surface area contributed by atoms with Crippen LogP contribution in [0.3, 0.4) is 0 Å². The third-order valence-electron chi connectivity index (χ3n) is 6.89. The molecule has 5 aromatic rings. The highest BCUT2D eigenvalue weighted by atomic mass is 19.1. The van der Waals surface area contributed by atoms with E-state index in [9.17, 15) is 9.18 Å². The fourth-order valence-electron chi connectivity index (χ4n) is 4.94. The SMILES string of the molecule is Cc1nn(-c2ccc(F)cc2)c2nc(Cc3ccccc3)nc(N3CCN(C(=O)c4ccccc4)CC3)c12. The molecule has 6 rings (SSSR count). The van der Waals surface area contributed by atoms with E-state index in [0.29, 0.717) is 49.6 Å². The number of carbonyl (C=O) groups is 1. The Morgan fingerprint density at radius 1 is 0.842 bits per heavy atom. The van der Waals surface area contributed by atoms with Gasteiger partial charge in [-0.05, 0) is 48.9 Å². The van der Waals surface area contributed by atoms with Crippen LogP contribution in [0.1, 0.15) is 27.4 Å². The summed E-state index contributed by atoms with van der Waals surface area (Å²) >= 11 is 0. The molecule has 3 heterocycles. The first kappa shape index (κ1) is 23.8. The number of carbonyl (C=O) groups excluding carboxylic acids is 1. The van der Waals surface area contributed by atoms with Crippen molar-refractivity contribution in [2.75, 3.05) is 31.1 Å². The Morgan fingerprint density at radius 3 is 2.18 bits per heavy atom. The van der Waals surface area contributed by atoms with E-state index in [1.807, 2.05) is 60.4 Å². The lowest BCUT2D eigenvalue weighted by atomic mass is 10.1. The van der Waals surface area contributed by atoms with Crippen LogP contribution in [-0.2, 0) is 6.42 Å². The van der Waals surface area contributed by atoms with Crippen molar-refractivity contribution < 1.29 is 9.18 Å². The molecule has 0 saturated carbocycles. The first-order valence-electron chi connectivity index (χ1n) is 12.7. The predicted octanol–water partition coefficient (Wildman–Crippen LogP) is 4.82. The van der Waals surface area contributed by atoms with Crippen molar-refractivity contribution in [2.24, 2.45) is 0 Å². The number of piperazine rings is 1.